The summed E-state index contributed by atoms with van der Waals surface area (Å²) in [5.41, 5.74) is 0.906. The fraction of sp³-hybridized carbons (Fsp3) is 0.414. The molecule has 3 rings (SSSR count). The Bertz CT molecular complexity index is 1340. The molecule has 1 aromatic heterocycles. The van der Waals surface area contributed by atoms with Crippen molar-refractivity contribution in [3.05, 3.63) is 54.7 Å². The van der Waals surface area contributed by atoms with E-state index in [0.29, 0.717) is 40.7 Å². The number of rotatable bonds is 10. The van der Waals surface area contributed by atoms with E-state index in [0.717, 1.165) is 0 Å². The number of ether oxygens (including phenoxy) is 4. The minimum Gasteiger partial charge on any atom is -0.497 e. The van der Waals surface area contributed by atoms with Gasteiger partial charge in [-0.3, -0.25) is 4.98 Å². The van der Waals surface area contributed by atoms with Crippen LogP contribution in [0.25, 0.3) is 11.3 Å². The van der Waals surface area contributed by atoms with Gasteiger partial charge in [0.15, 0.2) is 0 Å². The van der Waals surface area contributed by atoms with Gasteiger partial charge in [0, 0.05) is 11.7 Å². The predicted molar refractivity (Wildman–Crippen MR) is 161 cm³/mol. The van der Waals surface area contributed by atoms with Crippen molar-refractivity contribution in [3.8, 4) is 34.3 Å². The number of aromatic nitrogens is 1. The van der Waals surface area contributed by atoms with Gasteiger partial charge >= 0.3 is 7.12 Å². The molecule has 0 spiro atoms. The molecule has 1 heterocycles. The normalized spacial score (nSPS) is 11.7. The molecule has 3 aromatic rings. The van der Waals surface area contributed by atoms with E-state index in [1.807, 2.05) is 19.9 Å². The molecule has 0 radical (unpaired) electrons. The maximum absolute atomic E-state index is 12.8. The van der Waals surface area contributed by atoms with Crippen LogP contribution in [0.2, 0.25) is 0 Å². The van der Waals surface area contributed by atoms with Crippen LogP contribution in [0.15, 0.2) is 59.6 Å². The van der Waals surface area contributed by atoms with Crippen molar-refractivity contribution in [2.45, 2.75) is 51.5 Å². The Morgan fingerprint density at radius 3 is 1.61 bits per heavy atom. The summed E-state index contributed by atoms with van der Waals surface area (Å²) in [5, 5.41) is 18.1. The van der Waals surface area contributed by atoms with Crippen LogP contribution < -0.4 is 29.1 Å². The highest BCUT2D eigenvalue weighted by molar-refractivity contribution is 7.89. The highest BCUT2D eigenvalue weighted by atomic mass is 32.2. The number of hydrogen-bond donors (Lipinski definition) is 3. The van der Waals surface area contributed by atoms with Gasteiger partial charge in [-0.1, -0.05) is 32.9 Å². The molecule has 0 atom stereocenters. The number of pyridine rings is 1. The SMILES string of the molecule is COc1cccc(OC)c1-c1ccc(S(=O)(=O)NC(C)(C)CC(C)(C)C)cn1.COc1cccc(OC)c1B(O)O. The van der Waals surface area contributed by atoms with E-state index < -0.39 is 22.7 Å². The zero-order valence-electron chi connectivity index (χ0n) is 25.2. The number of sulfonamides is 1. The van der Waals surface area contributed by atoms with Crippen LogP contribution >= 0.6 is 0 Å². The summed E-state index contributed by atoms with van der Waals surface area (Å²) in [6.07, 6.45) is 2.06. The number of nitrogens with zero attached hydrogens (tertiary/aromatic N) is 1. The van der Waals surface area contributed by atoms with Crippen molar-refractivity contribution in [2.75, 3.05) is 28.4 Å². The van der Waals surface area contributed by atoms with Crippen LogP contribution in [-0.2, 0) is 10.0 Å². The first-order valence-electron chi connectivity index (χ1n) is 12.9. The first-order chi connectivity index (χ1) is 19.1. The topological polar surface area (TPSA) is 136 Å². The fourth-order valence-corrected chi connectivity index (χ4v) is 6.07. The summed E-state index contributed by atoms with van der Waals surface area (Å²) in [5.74, 6) is 2.00. The second-order valence-electron chi connectivity index (χ2n) is 11.1. The van der Waals surface area contributed by atoms with Gasteiger partial charge in [-0.2, -0.15) is 0 Å². The Morgan fingerprint density at radius 1 is 0.780 bits per heavy atom. The molecule has 0 unspecified atom stereocenters. The van der Waals surface area contributed by atoms with Gasteiger partial charge in [0.2, 0.25) is 10.0 Å². The second kappa shape index (κ2) is 14.0. The predicted octanol–water partition coefficient (Wildman–Crippen LogP) is 3.64. The molecule has 224 valence electrons. The highest BCUT2D eigenvalue weighted by Gasteiger charge is 2.31. The molecule has 0 fully saturated rings. The van der Waals surface area contributed by atoms with E-state index in [-0.39, 0.29) is 15.8 Å². The fourth-order valence-electron chi connectivity index (χ4n) is 4.71. The van der Waals surface area contributed by atoms with Gasteiger partial charge in [0.05, 0.1) is 45.2 Å². The van der Waals surface area contributed by atoms with E-state index in [9.17, 15) is 8.42 Å². The Hall–Kier alpha value is -3.32. The summed E-state index contributed by atoms with van der Waals surface area (Å²) >= 11 is 0. The Kier molecular flexibility index (Phi) is 11.6. The van der Waals surface area contributed by atoms with Crippen molar-refractivity contribution in [3.63, 3.8) is 0 Å². The molecule has 0 amide bonds. The molecule has 0 saturated carbocycles. The van der Waals surface area contributed by atoms with E-state index in [4.69, 9.17) is 29.0 Å². The zero-order chi connectivity index (χ0) is 31.0. The first-order valence-corrected chi connectivity index (χ1v) is 14.4. The van der Waals surface area contributed by atoms with E-state index in [1.165, 1.54) is 20.4 Å². The van der Waals surface area contributed by atoms with Gasteiger partial charge in [-0.15, -0.1) is 0 Å². The summed E-state index contributed by atoms with van der Waals surface area (Å²) in [7, 11) is 0.766. The van der Waals surface area contributed by atoms with Crippen molar-refractivity contribution in [1.82, 2.24) is 9.71 Å². The largest absolute Gasteiger partial charge is 0.497 e. The van der Waals surface area contributed by atoms with Crippen LogP contribution in [-0.4, -0.2) is 64.5 Å². The highest BCUT2D eigenvalue weighted by Crippen LogP contribution is 2.37. The van der Waals surface area contributed by atoms with Crippen molar-refractivity contribution in [1.29, 1.82) is 0 Å². The maximum Gasteiger partial charge on any atom is 0.496 e. The molecule has 0 aliphatic heterocycles. The van der Waals surface area contributed by atoms with Crippen molar-refractivity contribution in [2.24, 2.45) is 5.41 Å². The van der Waals surface area contributed by atoms with Crippen LogP contribution in [0.4, 0.5) is 0 Å². The van der Waals surface area contributed by atoms with Gasteiger partial charge in [-0.05, 0) is 62.1 Å². The monoisotopic (exact) mass is 588 g/mol. The second-order valence-corrected chi connectivity index (χ2v) is 12.8. The lowest BCUT2D eigenvalue weighted by Gasteiger charge is -2.32. The number of benzene rings is 2. The third-order valence-electron chi connectivity index (χ3n) is 5.84. The minimum absolute atomic E-state index is 0.00541. The molecule has 0 bridgehead atoms. The molecule has 0 aliphatic rings. The molecule has 3 N–H and O–H groups in total. The maximum atomic E-state index is 12.8. The molecule has 12 heteroatoms. The lowest BCUT2D eigenvalue weighted by atomic mass is 9.78. The average Bonchev–Trinajstić information content (AvgIpc) is 2.90. The van der Waals surface area contributed by atoms with Gasteiger partial charge in [0.25, 0.3) is 0 Å². The Balaban J connectivity index is 0.000000377. The Morgan fingerprint density at radius 2 is 1.24 bits per heavy atom. The van der Waals surface area contributed by atoms with Crippen molar-refractivity contribution < 1.29 is 37.4 Å². The summed E-state index contributed by atoms with van der Waals surface area (Å²) in [4.78, 5) is 4.48. The minimum atomic E-state index is -3.70. The van der Waals surface area contributed by atoms with Gasteiger partial charge in [0.1, 0.15) is 27.9 Å². The lowest BCUT2D eigenvalue weighted by molar-refractivity contribution is 0.269. The number of nitrogens with one attached hydrogen (secondary N) is 1. The van der Waals surface area contributed by atoms with E-state index in [2.05, 4.69) is 30.5 Å². The third kappa shape index (κ3) is 9.36. The van der Waals surface area contributed by atoms with Gasteiger partial charge in [-0.25, -0.2) is 13.1 Å². The quantitative estimate of drug-likeness (QED) is 0.303. The Labute approximate surface area is 243 Å². The first kappa shape index (κ1) is 33.9. The molecule has 0 aliphatic carbocycles. The van der Waals surface area contributed by atoms with Crippen LogP contribution in [0.3, 0.4) is 0 Å². The molecule has 10 nitrogen and oxygen atoms in total. The molecule has 0 saturated heterocycles. The van der Waals surface area contributed by atoms with E-state index in [1.54, 1.807) is 56.7 Å². The molecule has 41 heavy (non-hydrogen) atoms. The van der Waals surface area contributed by atoms with E-state index >= 15 is 0 Å². The number of methoxy groups -OCH3 is 4. The summed E-state index contributed by atoms with van der Waals surface area (Å²) in [6.45, 7) is 10.0. The summed E-state index contributed by atoms with van der Waals surface area (Å²) < 4.78 is 49.1. The lowest BCUT2D eigenvalue weighted by Crippen LogP contribution is -2.45. The molecular weight excluding hydrogens is 547 g/mol. The third-order valence-corrected chi connectivity index (χ3v) is 7.52. The van der Waals surface area contributed by atoms with Crippen LogP contribution in [0.1, 0.15) is 41.0 Å². The molecule has 2 aromatic carbocycles. The smallest absolute Gasteiger partial charge is 0.496 e. The van der Waals surface area contributed by atoms with Crippen molar-refractivity contribution >= 4 is 22.6 Å². The summed E-state index contributed by atoms with van der Waals surface area (Å²) in [6, 6.07) is 13.6. The molecular formula is C29H41BN2O8S. The van der Waals surface area contributed by atoms with Crippen LogP contribution in [0, 0.1) is 5.41 Å². The average molecular weight is 589 g/mol. The van der Waals surface area contributed by atoms with Crippen LogP contribution in [0.5, 0.6) is 23.0 Å². The van der Waals surface area contributed by atoms with Gasteiger partial charge < -0.3 is 29.0 Å². The number of hydrogen-bond acceptors (Lipinski definition) is 9. The zero-order valence-corrected chi connectivity index (χ0v) is 26.0. The standard InChI is InChI=1S/C21H30N2O4S.C8H11BO4/c1-20(2,3)14-21(4,5)23-28(24,25)15-11-12-16(22-13-15)19-17(26-6)9-8-10-18(19)27-7;1-12-6-4-3-5-7(13-2)8(6)9(10)11/h8-13,23H,14H2,1-7H3;3-5,10-11H,1-2H3.